The van der Waals surface area contributed by atoms with E-state index in [1.807, 2.05) is 54.1 Å². The number of likely N-dealkylation sites (tertiary alicyclic amines) is 1. The van der Waals surface area contributed by atoms with Crippen molar-refractivity contribution in [1.29, 1.82) is 0 Å². The molecule has 1 aliphatic heterocycles. The molecule has 0 aliphatic carbocycles. The van der Waals surface area contributed by atoms with Crippen LogP contribution in [0.25, 0.3) is 44.8 Å². The molecule has 0 radical (unpaired) electrons. The van der Waals surface area contributed by atoms with Crippen LogP contribution in [0.15, 0.2) is 53.2 Å². The molecule has 1 saturated heterocycles. The molecule has 1 aliphatic rings. The molecule has 1 atom stereocenters. The minimum atomic E-state index is 0.222. The average molecular weight is 470 g/mol. The van der Waals surface area contributed by atoms with Gasteiger partial charge in [0.15, 0.2) is 11.2 Å². The first kappa shape index (κ1) is 21.7. The van der Waals surface area contributed by atoms with Gasteiger partial charge in [-0.05, 0) is 43.2 Å². The number of nitrogens with zero attached hydrogens (tertiary/aromatic N) is 6. The number of nitrogen functional groups attached to an aromatic ring is 1. The highest BCUT2D eigenvalue weighted by molar-refractivity contribution is 5.98. The number of benzene rings is 2. The first-order valence-electron chi connectivity index (χ1n) is 11.8. The van der Waals surface area contributed by atoms with E-state index in [0.29, 0.717) is 11.7 Å². The van der Waals surface area contributed by atoms with Crippen LogP contribution >= 0.6 is 0 Å². The van der Waals surface area contributed by atoms with E-state index < -0.39 is 0 Å². The van der Waals surface area contributed by atoms with Crippen LogP contribution < -0.4 is 5.73 Å². The predicted octanol–water partition coefficient (Wildman–Crippen LogP) is 4.09. The molecular formula is C26H27N7O2. The van der Waals surface area contributed by atoms with Crippen molar-refractivity contribution in [3.63, 3.8) is 0 Å². The van der Waals surface area contributed by atoms with Crippen molar-refractivity contribution in [3.8, 4) is 22.7 Å². The van der Waals surface area contributed by atoms with Gasteiger partial charge in [-0.25, -0.2) is 19.6 Å². The molecule has 0 bridgehead atoms. The van der Waals surface area contributed by atoms with Gasteiger partial charge in [-0.2, -0.15) is 5.10 Å². The molecule has 9 nitrogen and oxygen atoms in total. The smallest absolute Gasteiger partial charge is 0.227 e. The quantitative estimate of drug-likeness (QED) is 0.396. The van der Waals surface area contributed by atoms with Crippen molar-refractivity contribution in [1.82, 2.24) is 29.6 Å². The van der Waals surface area contributed by atoms with Crippen LogP contribution in [-0.4, -0.2) is 63.0 Å². The second-order valence-electron chi connectivity index (χ2n) is 9.05. The third kappa shape index (κ3) is 3.92. The van der Waals surface area contributed by atoms with Gasteiger partial charge >= 0.3 is 0 Å². The lowest BCUT2D eigenvalue weighted by Crippen LogP contribution is -2.25. The summed E-state index contributed by atoms with van der Waals surface area (Å²) in [5.41, 5.74) is 12.5. The summed E-state index contributed by atoms with van der Waals surface area (Å²) in [7, 11) is 1.73. The molecule has 3 aromatic heterocycles. The number of aromatic nitrogens is 5. The average Bonchev–Trinajstić information content (AvgIpc) is 3.59. The monoisotopic (exact) mass is 469 g/mol. The van der Waals surface area contributed by atoms with E-state index in [4.69, 9.17) is 20.0 Å². The molecule has 4 heterocycles. The van der Waals surface area contributed by atoms with Crippen molar-refractivity contribution >= 4 is 28.0 Å². The van der Waals surface area contributed by atoms with Crippen LogP contribution in [0.1, 0.15) is 18.0 Å². The van der Waals surface area contributed by atoms with E-state index in [-0.39, 0.29) is 6.04 Å². The van der Waals surface area contributed by atoms with Gasteiger partial charge in [0.25, 0.3) is 0 Å². The van der Waals surface area contributed by atoms with Gasteiger partial charge in [0, 0.05) is 37.9 Å². The third-order valence-electron chi connectivity index (χ3n) is 6.67. The minimum Gasteiger partial charge on any atom is -0.436 e. The fourth-order valence-corrected chi connectivity index (χ4v) is 4.82. The molecule has 1 fully saturated rings. The van der Waals surface area contributed by atoms with Crippen LogP contribution in [-0.2, 0) is 4.74 Å². The van der Waals surface area contributed by atoms with E-state index >= 15 is 0 Å². The maximum Gasteiger partial charge on any atom is 0.227 e. The molecule has 0 saturated carbocycles. The molecule has 5 aromatic rings. The molecule has 0 amide bonds. The van der Waals surface area contributed by atoms with Crippen molar-refractivity contribution in [2.45, 2.75) is 19.4 Å². The number of oxazole rings is 1. The van der Waals surface area contributed by atoms with Gasteiger partial charge in [-0.3, -0.25) is 4.90 Å². The van der Waals surface area contributed by atoms with Crippen LogP contribution in [0, 0.1) is 6.92 Å². The second-order valence-corrected chi connectivity index (χ2v) is 9.05. The second kappa shape index (κ2) is 8.75. The van der Waals surface area contributed by atoms with Crippen LogP contribution in [0.2, 0.25) is 0 Å². The van der Waals surface area contributed by atoms with E-state index in [1.165, 1.54) is 6.33 Å². The maximum atomic E-state index is 6.32. The number of rotatable bonds is 6. The Morgan fingerprint density at radius 3 is 2.77 bits per heavy atom. The fraction of sp³-hybridized carbons (Fsp3) is 0.308. The Kier molecular flexibility index (Phi) is 5.43. The third-order valence-corrected chi connectivity index (χ3v) is 6.67. The van der Waals surface area contributed by atoms with Gasteiger partial charge in [0.2, 0.25) is 5.89 Å². The van der Waals surface area contributed by atoms with E-state index in [1.54, 1.807) is 7.11 Å². The topological polar surface area (TPSA) is 108 Å². The molecule has 35 heavy (non-hydrogen) atoms. The lowest BCUT2D eigenvalue weighted by molar-refractivity contribution is 0.159. The van der Waals surface area contributed by atoms with Gasteiger partial charge < -0.3 is 14.9 Å². The molecule has 9 heteroatoms. The predicted molar refractivity (Wildman–Crippen MR) is 135 cm³/mol. The summed E-state index contributed by atoms with van der Waals surface area (Å²) in [6.07, 6.45) is 2.51. The molecular weight excluding hydrogens is 442 g/mol. The number of hydrogen-bond donors (Lipinski definition) is 1. The number of aryl methyl sites for hydroxylation is 1. The van der Waals surface area contributed by atoms with Crippen LogP contribution in [0.3, 0.4) is 0 Å². The van der Waals surface area contributed by atoms with Crippen molar-refractivity contribution in [3.05, 3.63) is 54.4 Å². The Bertz CT molecular complexity index is 1510. The lowest BCUT2D eigenvalue weighted by atomic mass is 10.1. The van der Waals surface area contributed by atoms with Crippen LogP contribution in [0.4, 0.5) is 5.82 Å². The number of nitrogens with two attached hydrogens (primary N) is 1. The molecule has 0 spiro atoms. The standard InChI is InChI=1S/C26H27N7O2/c1-16-3-8-21-20(13-16)30-26(35-21)18-6-4-17(5-7-18)23-22-24(27)28-15-29-25(22)33(31-23)19-9-10-32(14-19)11-12-34-2/h3-8,13,15,19H,9-12,14H2,1-2H3,(H2,27,28,29). The minimum absolute atomic E-state index is 0.222. The summed E-state index contributed by atoms with van der Waals surface area (Å²) in [5, 5.41) is 5.79. The molecule has 2 aromatic carbocycles. The molecule has 1 unspecified atom stereocenters. The number of fused-ring (bicyclic) bond motifs is 2. The summed E-state index contributed by atoms with van der Waals surface area (Å²) in [6, 6.07) is 14.3. The van der Waals surface area contributed by atoms with Crippen LogP contribution in [0.5, 0.6) is 0 Å². The normalized spacial score (nSPS) is 16.6. The summed E-state index contributed by atoms with van der Waals surface area (Å²) in [6.45, 7) is 5.58. The lowest BCUT2D eigenvalue weighted by Gasteiger charge is -2.15. The summed E-state index contributed by atoms with van der Waals surface area (Å²) >= 11 is 0. The van der Waals surface area contributed by atoms with Gasteiger partial charge in [0.1, 0.15) is 23.4 Å². The van der Waals surface area contributed by atoms with E-state index in [2.05, 4.69) is 19.9 Å². The first-order valence-corrected chi connectivity index (χ1v) is 11.8. The van der Waals surface area contributed by atoms with Crippen molar-refractivity contribution < 1.29 is 9.15 Å². The highest BCUT2D eigenvalue weighted by Gasteiger charge is 2.28. The molecule has 178 valence electrons. The van der Waals surface area contributed by atoms with Gasteiger partial charge in [0.05, 0.1) is 18.0 Å². The number of ether oxygens (including phenoxy) is 1. The van der Waals surface area contributed by atoms with Gasteiger partial charge in [-0.15, -0.1) is 0 Å². The summed E-state index contributed by atoms with van der Waals surface area (Å²) in [5.74, 6) is 1.03. The fourth-order valence-electron chi connectivity index (χ4n) is 4.82. The number of methoxy groups -OCH3 is 1. The Hall–Kier alpha value is -3.82. The van der Waals surface area contributed by atoms with Crippen molar-refractivity contribution in [2.75, 3.05) is 39.1 Å². The zero-order chi connectivity index (χ0) is 23.9. The zero-order valence-corrected chi connectivity index (χ0v) is 19.8. The van der Waals surface area contributed by atoms with Crippen molar-refractivity contribution in [2.24, 2.45) is 0 Å². The Balaban J connectivity index is 1.35. The largest absolute Gasteiger partial charge is 0.436 e. The highest BCUT2D eigenvalue weighted by Crippen LogP contribution is 2.35. The SMILES string of the molecule is COCCN1CCC(n2nc(-c3ccc(-c4nc5cc(C)ccc5o4)cc3)c3c(N)ncnc32)C1. The number of anilines is 1. The van der Waals surface area contributed by atoms with E-state index in [0.717, 1.165) is 77.2 Å². The summed E-state index contributed by atoms with van der Waals surface area (Å²) in [4.78, 5) is 15.9. The van der Waals surface area contributed by atoms with E-state index in [9.17, 15) is 0 Å². The highest BCUT2D eigenvalue weighted by atomic mass is 16.5. The number of hydrogen-bond acceptors (Lipinski definition) is 8. The Morgan fingerprint density at radius 1 is 1.11 bits per heavy atom. The zero-order valence-electron chi connectivity index (χ0n) is 19.8. The van der Waals surface area contributed by atoms with Gasteiger partial charge in [-0.1, -0.05) is 18.2 Å². The summed E-state index contributed by atoms with van der Waals surface area (Å²) < 4.78 is 13.2. The Morgan fingerprint density at radius 2 is 1.94 bits per heavy atom. The maximum absolute atomic E-state index is 6.32. The molecule has 2 N–H and O–H groups in total. The Labute approximate surface area is 202 Å². The first-order chi connectivity index (χ1) is 17.1. The molecule has 6 rings (SSSR count).